The summed E-state index contributed by atoms with van der Waals surface area (Å²) in [5.74, 6) is -3.00. The summed E-state index contributed by atoms with van der Waals surface area (Å²) in [5, 5.41) is 5.59. The highest BCUT2D eigenvalue weighted by atomic mass is 32.2. The fourth-order valence-electron chi connectivity index (χ4n) is 2.47. The molecule has 9 heteroatoms. The maximum absolute atomic E-state index is 12.4. The summed E-state index contributed by atoms with van der Waals surface area (Å²) in [6.45, 7) is 1.74. The second kappa shape index (κ2) is 11.2. The molecule has 2 amide bonds. The van der Waals surface area contributed by atoms with Crippen LogP contribution >= 0.6 is 23.5 Å². The number of rotatable bonds is 9. The molecule has 2 aromatic rings. The fraction of sp³-hybridized carbons (Fsp3) is 0.300. The van der Waals surface area contributed by atoms with Gasteiger partial charge in [0.05, 0.1) is 18.3 Å². The average molecular weight is 440 g/mol. The summed E-state index contributed by atoms with van der Waals surface area (Å²) in [6.07, 6.45) is 1.93. The van der Waals surface area contributed by atoms with Crippen molar-refractivity contribution in [3.63, 3.8) is 0 Å². The smallest absolute Gasteiger partial charge is 0.288 e. The summed E-state index contributed by atoms with van der Waals surface area (Å²) in [5.41, 5.74) is 1.24. The molecule has 0 aliphatic carbocycles. The molecule has 0 spiro atoms. The van der Waals surface area contributed by atoms with E-state index in [0.717, 1.165) is 10.6 Å². The Balaban J connectivity index is 1.89. The molecule has 156 valence electrons. The Labute approximate surface area is 177 Å². The minimum Gasteiger partial charge on any atom is -0.325 e. The van der Waals surface area contributed by atoms with Gasteiger partial charge in [-0.15, -0.1) is 11.8 Å². The molecule has 0 bridgehead atoms. The SMILES string of the molecule is CSc1ccccc1NC(=O)CN(C)[C@@H](C)C(=O)Nc1ccc(SC(F)F)cc1. The minimum atomic E-state index is -2.49. The Kier molecular flexibility index (Phi) is 8.94. The molecule has 2 rings (SSSR count). The van der Waals surface area contributed by atoms with Crippen LogP contribution in [0.1, 0.15) is 6.92 Å². The number of para-hydroxylation sites is 1. The standard InChI is InChI=1S/C20H23F2N3O2S2/c1-13(19(27)23-14-8-10-15(11-9-14)29-20(21)22)25(2)12-18(26)24-16-6-4-5-7-17(16)28-3/h4-11,13,20H,12H2,1-3H3,(H,23,27)(H,24,26)/t13-/m0/s1. The average Bonchev–Trinajstić information content (AvgIpc) is 2.68. The van der Waals surface area contributed by atoms with E-state index in [1.807, 2.05) is 30.5 Å². The van der Waals surface area contributed by atoms with Gasteiger partial charge in [0.15, 0.2) is 0 Å². The van der Waals surface area contributed by atoms with Crippen LogP contribution in [0.25, 0.3) is 0 Å². The van der Waals surface area contributed by atoms with E-state index in [-0.39, 0.29) is 18.4 Å². The first-order valence-electron chi connectivity index (χ1n) is 8.79. The van der Waals surface area contributed by atoms with Crippen molar-refractivity contribution in [2.24, 2.45) is 0 Å². The first kappa shape index (κ1) is 23.2. The van der Waals surface area contributed by atoms with E-state index in [4.69, 9.17) is 0 Å². The van der Waals surface area contributed by atoms with Crippen molar-refractivity contribution in [3.05, 3.63) is 48.5 Å². The number of alkyl halides is 2. The number of anilines is 2. The molecule has 0 saturated carbocycles. The van der Waals surface area contributed by atoms with Crippen molar-refractivity contribution in [3.8, 4) is 0 Å². The Bertz CT molecular complexity index is 835. The number of benzene rings is 2. The number of thioether (sulfide) groups is 2. The van der Waals surface area contributed by atoms with Gasteiger partial charge in [0.2, 0.25) is 11.8 Å². The molecule has 29 heavy (non-hydrogen) atoms. The van der Waals surface area contributed by atoms with Gasteiger partial charge < -0.3 is 10.6 Å². The number of nitrogens with one attached hydrogen (secondary N) is 2. The number of likely N-dealkylation sites (N-methyl/N-ethyl adjacent to an activating group) is 1. The van der Waals surface area contributed by atoms with Gasteiger partial charge >= 0.3 is 0 Å². The van der Waals surface area contributed by atoms with E-state index >= 15 is 0 Å². The zero-order valence-electron chi connectivity index (χ0n) is 16.3. The maximum Gasteiger partial charge on any atom is 0.288 e. The number of hydrogen-bond acceptors (Lipinski definition) is 5. The van der Waals surface area contributed by atoms with Gasteiger partial charge in [0.1, 0.15) is 0 Å². The van der Waals surface area contributed by atoms with E-state index < -0.39 is 11.8 Å². The molecular weight excluding hydrogens is 416 g/mol. The van der Waals surface area contributed by atoms with E-state index in [2.05, 4.69) is 10.6 Å². The minimum absolute atomic E-state index is 0.0429. The van der Waals surface area contributed by atoms with Crippen LogP contribution in [0.4, 0.5) is 20.2 Å². The van der Waals surface area contributed by atoms with Crippen molar-refractivity contribution in [2.45, 2.75) is 28.5 Å². The largest absolute Gasteiger partial charge is 0.325 e. The lowest BCUT2D eigenvalue weighted by Crippen LogP contribution is -2.43. The summed E-state index contributed by atoms with van der Waals surface area (Å²) in [6, 6.07) is 13.1. The molecule has 2 N–H and O–H groups in total. The molecule has 0 radical (unpaired) electrons. The Morgan fingerprint density at radius 3 is 2.34 bits per heavy atom. The van der Waals surface area contributed by atoms with Gasteiger partial charge in [0, 0.05) is 15.5 Å². The summed E-state index contributed by atoms with van der Waals surface area (Å²) in [4.78, 5) is 27.8. The van der Waals surface area contributed by atoms with Gasteiger partial charge in [-0.25, -0.2) is 0 Å². The summed E-state index contributed by atoms with van der Waals surface area (Å²) in [7, 11) is 1.69. The molecular formula is C20H23F2N3O2S2. The van der Waals surface area contributed by atoms with Gasteiger partial charge in [0.25, 0.3) is 5.76 Å². The van der Waals surface area contributed by atoms with Crippen molar-refractivity contribution >= 4 is 46.7 Å². The van der Waals surface area contributed by atoms with Crippen LogP contribution in [-0.4, -0.2) is 48.4 Å². The lowest BCUT2D eigenvalue weighted by atomic mass is 10.2. The third kappa shape index (κ3) is 7.34. The van der Waals surface area contributed by atoms with E-state index in [0.29, 0.717) is 22.3 Å². The Morgan fingerprint density at radius 2 is 1.72 bits per heavy atom. The molecule has 0 unspecified atom stereocenters. The summed E-state index contributed by atoms with van der Waals surface area (Å²) >= 11 is 1.98. The van der Waals surface area contributed by atoms with Crippen molar-refractivity contribution < 1.29 is 18.4 Å². The third-order valence-electron chi connectivity index (χ3n) is 4.16. The lowest BCUT2D eigenvalue weighted by Gasteiger charge is -2.23. The van der Waals surface area contributed by atoms with E-state index in [1.54, 1.807) is 31.0 Å². The van der Waals surface area contributed by atoms with Crippen molar-refractivity contribution in [1.82, 2.24) is 4.90 Å². The van der Waals surface area contributed by atoms with E-state index in [9.17, 15) is 18.4 Å². The van der Waals surface area contributed by atoms with Gasteiger partial charge in [-0.1, -0.05) is 23.9 Å². The lowest BCUT2D eigenvalue weighted by molar-refractivity contribution is -0.122. The van der Waals surface area contributed by atoms with Crippen LogP contribution in [0, 0.1) is 0 Å². The molecule has 2 aromatic carbocycles. The van der Waals surface area contributed by atoms with Crippen molar-refractivity contribution in [2.75, 3.05) is 30.5 Å². The van der Waals surface area contributed by atoms with Gasteiger partial charge in [-0.3, -0.25) is 14.5 Å². The molecule has 0 aromatic heterocycles. The van der Waals surface area contributed by atoms with Crippen LogP contribution in [-0.2, 0) is 9.59 Å². The predicted octanol–water partition coefficient (Wildman–Crippen LogP) is 4.62. The fourth-order valence-corrected chi connectivity index (χ4v) is 3.52. The van der Waals surface area contributed by atoms with Crippen LogP contribution < -0.4 is 10.6 Å². The number of carbonyl (C=O) groups is 2. The predicted molar refractivity (Wildman–Crippen MR) is 116 cm³/mol. The van der Waals surface area contributed by atoms with Crippen LogP contribution in [0.5, 0.6) is 0 Å². The summed E-state index contributed by atoms with van der Waals surface area (Å²) < 4.78 is 24.7. The van der Waals surface area contributed by atoms with Crippen LogP contribution in [0.3, 0.4) is 0 Å². The Hall–Kier alpha value is -2.10. The van der Waals surface area contributed by atoms with Crippen molar-refractivity contribution in [1.29, 1.82) is 0 Å². The molecule has 0 aliphatic rings. The first-order chi connectivity index (χ1) is 13.8. The number of nitrogens with zero attached hydrogens (tertiary/aromatic N) is 1. The second-order valence-corrected chi connectivity index (χ2v) is 8.14. The molecule has 0 fully saturated rings. The Morgan fingerprint density at radius 1 is 1.07 bits per heavy atom. The van der Waals surface area contributed by atoms with Crippen LogP contribution in [0.15, 0.2) is 58.3 Å². The topological polar surface area (TPSA) is 61.4 Å². The molecule has 0 aliphatic heterocycles. The van der Waals surface area contributed by atoms with Crippen LogP contribution in [0.2, 0.25) is 0 Å². The zero-order chi connectivity index (χ0) is 21.4. The maximum atomic E-state index is 12.4. The normalized spacial score (nSPS) is 12.1. The van der Waals surface area contributed by atoms with Gasteiger partial charge in [-0.05, 0) is 56.6 Å². The zero-order valence-corrected chi connectivity index (χ0v) is 17.9. The molecule has 0 saturated heterocycles. The monoisotopic (exact) mass is 439 g/mol. The number of halogens is 2. The quantitative estimate of drug-likeness (QED) is 0.559. The number of carbonyl (C=O) groups excluding carboxylic acids is 2. The molecule has 1 atom stereocenters. The first-order valence-corrected chi connectivity index (χ1v) is 10.9. The second-order valence-electron chi connectivity index (χ2n) is 6.23. The number of amides is 2. The highest BCUT2D eigenvalue weighted by molar-refractivity contribution is 7.99. The third-order valence-corrected chi connectivity index (χ3v) is 5.68. The highest BCUT2D eigenvalue weighted by Crippen LogP contribution is 2.26. The molecule has 5 nitrogen and oxygen atoms in total. The van der Waals surface area contributed by atoms with E-state index in [1.165, 1.54) is 23.9 Å². The molecule has 0 heterocycles. The highest BCUT2D eigenvalue weighted by Gasteiger charge is 2.20. The van der Waals surface area contributed by atoms with Gasteiger partial charge in [-0.2, -0.15) is 8.78 Å². The number of hydrogen-bond donors (Lipinski definition) is 2.